The minimum atomic E-state index is -0.263. The van der Waals surface area contributed by atoms with Gasteiger partial charge in [-0.1, -0.05) is 17.4 Å². The first kappa shape index (κ1) is 20.6. The van der Waals surface area contributed by atoms with E-state index in [0.29, 0.717) is 29.6 Å². The van der Waals surface area contributed by atoms with E-state index >= 15 is 0 Å². The number of carbonyl (C=O) groups excluding carboxylic acids is 1. The summed E-state index contributed by atoms with van der Waals surface area (Å²) < 4.78 is 19.6. The molecule has 0 saturated heterocycles. The lowest BCUT2D eigenvalue weighted by molar-refractivity contribution is -0.118. The topological polar surface area (TPSA) is 46.3 Å². The molecule has 7 heteroatoms. The fourth-order valence-corrected chi connectivity index (χ4v) is 5.10. The van der Waals surface area contributed by atoms with Gasteiger partial charge in [-0.3, -0.25) is 9.69 Å². The van der Waals surface area contributed by atoms with Gasteiger partial charge < -0.3 is 4.42 Å². The Morgan fingerprint density at radius 3 is 2.73 bits per heavy atom. The molecular formula is C23H21FN2O2S2. The molecule has 4 aromatic rings. The average Bonchev–Trinajstić information content (AvgIpc) is 3.37. The minimum Gasteiger partial charge on any atom is -0.467 e. The Bertz CT molecular complexity index is 1150. The molecule has 4 rings (SSSR count). The van der Waals surface area contributed by atoms with Crippen LogP contribution in [0, 0.1) is 19.7 Å². The summed E-state index contributed by atoms with van der Waals surface area (Å²) in [5.41, 5.74) is 3.22. The molecule has 0 aliphatic heterocycles. The highest BCUT2D eigenvalue weighted by atomic mass is 32.2. The van der Waals surface area contributed by atoms with Crippen molar-refractivity contribution in [2.24, 2.45) is 0 Å². The van der Waals surface area contributed by atoms with Gasteiger partial charge in [0, 0.05) is 17.1 Å². The molecular weight excluding hydrogens is 419 g/mol. The number of hydrogen-bond donors (Lipinski definition) is 0. The fraction of sp³-hybridized carbons (Fsp3) is 0.217. The Kier molecular flexibility index (Phi) is 6.20. The van der Waals surface area contributed by atoms with Crippen LogP contribution in [0.5, 0.6) is 0 Å². The van der Waals surface area contributed by atoms with Crippen LogP contribution in [0.25, 0.3) is 10.2 Å². The van der Waals surface area contributed by atoms with Crippen LogP contribution in [-0.2, 0) is 11.3 Å². The molecule has 4 nitrogen and oxygen atoms in total. The second-order valence-corrected chi connectivity index (χ2v) is 9.18. The van der Waals surface area contributed by atoms with Crippen molar-refractivity contribution in [1.82, 2.24) is 4.98 Å². The average molecular weight is 441 g/mol. The summed E-state index contributed by atoms with van der Waals surface area (Å²) in [6.45, 7) is 4.45. The summed E-state index contributed by atoms with van der Waals surface area (Å²) in [7, 11) is 0. The summed E-state index contributed by atoms with van der Waals surface area (Å²) in [5.74, 6) is 1.03. The smallest absolute Gasteiger partial charge is 0.230 e. The van der Waals surface area contributed by atoms with E-state index in [1.165, 1.54) is 35.2 Å². The van der Waals surface area contributed by atoms with E-state index in [9.17, 15) is 9.18 Å². The molecule has 2 aromatic heterocycles. The van der Waals surface area contributed by atoms with Crippen molar-refractivity contribution in [2.75, 3.05) is 10.7 Å². The predicted molar refractivity (Wildman–Crippen MR) is 121 cm³/mol. The number of halogens is 1. The number of nitrogens with zero attached hydrogens (tertiary/aromatic N) is 2. The molecule has 0 spiro atoms. The number of fused-ring (bicyclic) bond motifs is 1. The summed E-state index contributed by atoms with van der Waals surface area (Å²) in [5, 5.41) is 0.673. The van der Waals surface area contributed by atoms with Crippen LogP contribution in [0.1, 0.15) is 23.3 Å². The lowest BCUT2D eigenvalue weighted by atomic mass is 10.1. The molecule has 0 aliphatic rings. The van der Waals surface area contributed by atoms with Gasteiger partial charge >= 0.3 is 0 Å². The van der Waals surface area contributed by atoms with Crippen molar-refractivity contribution < 1.29 is 13.6 Å². The zero-order chi connectivity index (χ0) is 21.1. The van der Waals surface area contributed by atoms with E-state index in [1.54, 1.807) is 23.3 Å². The first-order chi connectivity index (χ1) is 14.5. The van der Waals surface area contributed by atoms with Gasteiger partial charge in [-0.05, 0) is 67.4 Å². The maximum absolute atomic E-state index is 13.1. The number of aryl methyl sites for hydroxylation is 2. The molecule has 0 atom stereocenters. The van der Waals surface area contributed by atoms with Gasteiger partial charge in [-0.15, -0.1) is 11.8 Å². The van der Waals surface area contributed by atoms with E-state index in [4.69, 9.17) is 9.40 Å². The Hall–Kier alpha value is -2.64. The number of benzene rings is 2. The number of hydrogen-bond acceptors (Lipinski definition) is 5. The van der Waals surface area contributed by atoms with E-state index in [0.717, 1.165) is 26.2 Å². The molecule has 0 aliphatic carbocycles. The molecule has 0 N–H and O–H groups in total. The molecule has 0 fully saturated rings. The third kappa shape index (κ3) is 4.74. The quantitative estimate of drug-likeness (QED) is 0.314. The van der Waals surface area contributed by atoms with Gasteiger partial charge in [0.05, 0.1) is 23.0 Å². The molecule has 1 amide bonds. The van der Waals surface area contributed by atoms with Crippen molar-refractivity contribution in [2.45, 2.75) is 31.7 Å². The Morgan fingerprint density at radius 2 is 2.00 bits per heavy atom. The SMILES string of the molecule is Cc1cc(C)c2sc(N(Cc3ccco3)C(=O)CCSc3ccc(F)cc3)nc2c1. The summed E-state index contributed by atoms with van der Waals surface area (Å²) in [4.78, 5) is 20.5. The number of anilines is 1. The summed E-state index contributed by atoms with van der Waals surface area (Å²) in [6.07, 6.45) is 1.95. The third-order valence-electron chi connectivity index (χ3n) is 4.63. The molecule has 2 heterocycles. The number of carbonyl (C=O) groups is 1. The van der Waals surface area contributed by atoms with Crippen molar-refractivity contribution in [3.05, 3.63) is 77.5 Å². The largest absolute Gasteiger partial charge is 0.467 e. The van der Waals surface area contributed by atoms with Gasteiger partial charge in [0.25, 0.3) is 0 Å². The maximum Gasteiger partial charge on any atom is 0.230 e. The first-order valence-corrected chi connectivity index (χ1v) is 11.4. The van der Waals surface area contributed by atoms with Crippen molar-refractivity contribution >= 4 is 44.4 Å². The zero-order valence-electron chi connectivity index (χ0n) is 16.7. The number of thioether (sulfide) groups is 1. The van der Waals surface area contributed by atoms with Crippen LogP contribution in [0.15, 0.2) is 64.1 Å². The van der Waals surface area contributed by atoms with Gasteiger partial charge in [-0.25, -0.2) is 9.37 Å². The van der Waals surface area contributed by atoms with Gasteiger partial charge in [0.15, 0.2) is 5.13 Å². The normalized spacial score (nSPS) is 11.2. The van der Waals surface area contributed by atoms with Gasteiger partial charge in [0.1, 0.15) is 11.6 Å². The molecule has 0 bridgehead atoms. The van der Waals surface area contributed by atoms with Crippen molar-refractivity contribution in [3.8, 4) is 0 Å². The lowest BCUT2D eigenvalue weighted by Crippen LogP contribution is -2.30. The summed E-state index contributed by atoms with van der Waals surface area (Å²) in [6, 6.07) is 14.2. The second kappa shape index (κ2) is 9.02. The monoisotopic (exact) mass is 440 g/mol. The van der Waals surface area contributed by atoms with Crippen molar-refractivity contribution in [1.29, 1.82) is 0 Å². The van der Waals surface area contributed by atoms with E-state index in [1.807, 2.05) is 25.1 Å². The highest BCUT2D eigenvalue weighted by molar-refractivity contribution is 7.99. The predicted octanol–water partition coefficient (Wildman–Crippen LogP) is 6.36. The molecule has 154 valence electrons. The van der Waals surface area contributed by atoms with Gasteiger partial charge in [-0.2, -0.15) is 0 Å². The first-order valence-electron chi connectivity index (χ1n) is 9.58. The minimum absolute atomic E-state index is 0.0190. The third-order valence-corrected chi connectivity index (χ3v) is 6.88. The van der Waals surface area contributed by atoms with Crippen LogP contribution in [-0.4, -0.2) is 16.6 Å². The number of aromatic nitrogens is 1. The van der Waals surface area contributed by atoms with Crippen LogP contribution in [0.2, 0.25) is 0 Å². The number of thiazole rings is 1. The standard InChI is InChI=1S/C23H21FN2O2S2/c1-15-12-16(2)22-20(13-15)25-23(30-22)26(14-18-4-3-10-28-18)21(27)9-11-29-19-7-5-17(24)6-8-19/h3-8,10,12-13H,9,11,14H2,1-2H3. The van der Waals surface area contributed by atoms with E-state index < -0.39 is 0 Å². The number of rotatable bonds is 7. The molecule has 2 aromatic carbocycles. The highest BCUT2D eigenvalue weighted by Gasteiger charge is 2.21. The fourth-order valence-electron chi connectivity index (χ4n) is 3.22. The summed E-state index contributed by atoms with van der Waals surface area (Å²) >= 11 is 3.06. The number of amides is 1. The Balaban J connectivity index is 1.54. The lowest BCUT2D eigenvalue weighted by Gasteiger charge is -2.18. The van der Waals surface area contributed by atoms with Gasteiger partial charge in [0.2, 0.25) is 5.91 Å². The van der Waals surface area contributed by atoms with E-state index in [-0.39, 0.29) is 11.7 Å². The molecule has 0 saturated carbocycles. The second-order valence-electron chi connectivity index (χ2n) is 7.04. The zero-order valence-corrected chi connectivity index (χ0v) is 18.4. The van der Waals surface area contributed by atoms with Crippen LogP contribution in [0.3, 0.4) is 0 Å². The number of furan rings is 1. The Morgan fingerprint density at radius 1 is 1.20 bits per heavy atom. The molecule has 30 heavy (non-hydrogen) atoms. The van der Waals surface area contributed by atoms with Crippen LogP contribution < -0.4 is 4.90 Å². The van der Waals surface area contributed by atoms with Crippen LogP contribution >= 0.6 is 23.1 Å². The van der Waals surface area contributed by atoms with Crippen molar-refractivity contribution in [3.63, 3.8) is 0 Å². The molecule has 0 radical (unpaired) electrons. The van der Waals surface area contributed by atoms with E-state index in [2.05, 4.69) is 13.0 Å². The Labute approximate surface area is 182 Å². The molecule has 0 unspecified atom stereocenters. The van der Waals surface area contributed by atoms with Crippen LogP contribution in [0.4, 0.5) is 9.52 Å². The highest BCUT2D eigenvalue weighted by Crippen LogP contribution is 2.33. The maximum atomic E-state index is 13.1.